The fraction of sp³-hybridized carbons (Fsp3) is 0.700. The number of carbonyl (C=O) groups is 3. The lowest BCUT2D eigenvalue weighted by Crippen LogP contribution is -2.61. The van der Waals surface area contributed by atoms with E-state index in [1.165, 1.54) is 11.8 Å². The number of nitrogens with two attached hydrogens (primary N) is 4. The van der Waals surface area contributed by atoms with Gasteiger partial charge in [-0.25, -0.2) is 14.6 Å². The number of carbonyl (C=O) groups excluding carboxylic acids is 2. The van der Waals surface area contributed by atoms with Gasteiger partial charge in [0.15, 0.2) is 18.2 Å². The van der Waals surface area contributed by atoms with Crippen molar-refractivity contribution in [2.24, 2.45) is 27.9 Å². The van der Waals surface area contributed by atoms with E-state index in [-0.39, 0.29) is 13.1 Å². The number of aliphatic carboxylic acids is 1. The summed E-state index contributed by atoms with van der Waals surface area (Å²) < 4.78 is 11.0. The lowest BCUT2D eigenvalue weighted by atomic mass is 9.92. The molecule has 0 aliphatic carbocycles. The fourth-order valence-electron chi connectivity index (χ4n) is 3.48. The Kier molecular flexibility index (Phi) is 12.8. The number of guanidine groups is 1. The molecule has 0 aromatic rings. The first-order valence-corrected chi connectivity index (χ1v) is 11.2. The van der Waals surface area contributed by atoms with Crippen LogP contribution in [0.2, 0.25) is 0 Å². The summed E-state index contributed by atoms with van der Waals surface area (Å²) >= 11 is 0. The molecular formula is C20H37N7O8. The van der Waals surface area contributed by atoms with Crippen molar-refractivity contribution in [2.45, 2.75) is 56.6 Å². The number of aliphatic hydroxyl groups excluding tert-OH is 2. The van der Waals surface area contributed by atoms with Crippen LogP contribution in [0.5, 0.6) is 0 Å². The van der Waals surface area contributed by atoms with Crippen molar-refractivity contribution in [3.05, 3.63) is 11.8 Å². The van der Waals surface area contributed by atoms with Crippen LogP contribution >= 0.6 is 0 Å². The summed E-state index contributed by atoms with van der Waals surface area (Å²) in [6.45, 7) is 1.60. The Balaban J connectivity index is 3.37. The van der Waals surface area contributed by atoms with E-state index in [0.29, 0.717) is 32.4 Å². The molecule has 0 aromatic heterocycles. The molecule has 0 saturated carbocycles. The van der Waals surface area contributed by atoms with Crippen molar-refractivity contribution in [1.82, 2.24) is 10.2 Å². The molecule has 200 valence electrons. The minimum atomic E-state index is -1.70. The standard InChI is InChI=1S/C20H37N7O8/c1-11(29)25-15-12(26-19(23)24)9-14(18(31)32)34-17(15)16(13(30)10-28)35-20(33)27(8-4-6-22)7-3-2-5-21/h9,12-13,15-17,28,30H,2-8,10,21-22H2,1H3,(H,25,29)(H,31,32)(H4,23,24,26)/t12-,13+,15+,16+,17+/m0/s1. The normalized spacial score (nSPS) is 21.1. The SMILES string of the molecule is CC(=O)N[C@H]1[C@H]([C@H](OC(=O)N(CCCN)CCCCN)[C@H](O)CO)OC(C(=O)O)=C[C@@H]1N=C(N)N. The van der Waals surface area contributed by atoms with Crippen LogP contribution in [0, 0.1) is 0 Å². The first-order valence-electron chi connectivity index (χ1n) is 11.2. The Labute approximate surface area is 203 Å². The second-order valence-electron chi connectivity index (χ2n) is 7.91. The zero-order valence-corrected chi connectivity index (χ0v) is 19.7. The highest BCUT2D eigenvalue weighted by Crippen LogP contribution is 2.27. The van der Waals surface area contributed by atoms with Crippen LogP contribution < -0.4 is 28.3 Å². The lowest BCUT2D eigenvalue weighted by Gasteiger charge is -2.40. The molecular weight excluding hydrogens is 466 g/mol. The molecule has 1 rings (SSSR count). The number of carboxylic acids is 1. The van der Waals surface area contributed by atoms with Gasteiger partial charge in [-0.05, 0) is 38.4 Å². The highest BCUT2D eigenvalue weighted by molar-refractivity contribution is 5.85. The lowest BCUT2D eigenvalue weighted by molar-refractivity contribution is -0.146. The van der Waals surface area contributed by atoms with Crippen molar-refractivity contribution in [1.29, 1.82) is 0 Å². The predicted octanol–water partition coefficient (Wildman–Crippen LogP) is -3.25. The van der Waals surface area contributed by atoms with Crippen LogP contribution in [0.3, 0.4) is 0 Å². The fourth-order valence-corrected chi connectivity index (χ4v) is 3.48. The quantitative estimate of drug-likeness (QED) is 0.0660. The Bertz CT molecular complexity index is 775. The number of ether oxygens (including phenoxy) is 2. The number of carboxylic acid groups (broad SMARTS) is 1. The van der Waals surface area contributed by atoms with Crippen molar-refractivity contribution in [3.8, 4) is 0 Å². The summed E-state index contributed by atoms with van der Waals surface area (Å²) in [7, 11) is 0. The van der Waals surface area contributed by atoms with E-state index >= 15 is 0 Å². The third kappa shape index (κ3) is 9.56. The number of hydrogen-bond acceptors (Lipinski definition) is 10. The molecule has 0 radical (unpaired) electrons. The molecule has 5 atom stereocenters. The number of unbranched alkanes of at least 4 members (excludes halogenated alkanes) is 1. The average molecular weight is 504 g/mol. The van der Waals surface area contributed by atoms with Gasteiger partial charge in [-0.2, -0.15) is 0 Å². The van der Waals surface area contributed by atoms with Crippen molar-refractivity contribution in [2.75, 3.05) is 32.8 Å². The van der Waals surface area contributed by atoms with E-state index in [2.05, 4.69) is 10.3 Å². The predicted molar refractivity (Wildman–Crippen MR) is 125 cm³/mol. The third-order valence-electron chi connectivity index (χ3n) is 5.09. The number of amides is 2. The molecule has 0 bridgehead atoms. The maximum absolute atomic E-state index is 13.0. The van der Waals surface area contributed by atoms with Gasteiger partial charge in [-0.15, -0.1) is 0 Å². The zero-order valence-electron chi connectivity index (χ0n) is 19.7. The molecule has 0 spiro atoms. The Morgan fingerprint density at radius 3 is 2.34 bits per heavy atom. The maximum Gasteiger partial charge on any atom is 0.410 e. The van der Waals surface area contributed by atoms with Gasteiger partial charge < -0.3 is 57.9 Å². The number of aliphatic imine (C=N–C) groups is 1. The van der Waals surface area contributed by atoms with Gasteiger partial charge in [0, 0.05) is 20.0 Å². The molecule has 0 saturated heterocycles. The van der Waals surface area contributed by atoms with E-state index < -0.39 is 66.7 Å². The number of rotatable bonds is 14. The van der Waals surface area contributed by atoms with Crippen molar-refractivity contribution < 1.29 is 39.2 Å². The molecule has 0 aromatic carbocycles. The minimum Gasteiger partial charge on any atom is -0.477 e. The first-order chi connectivity index (χ1) is 16.5. The molecule has 0 fully saturated rings. The van der Waals surface area contributed by atoms with Crippen molar-refractivity contribution >= 4 is 23.9 Å². The van der Waals surface area contributed by atoms with Crippen LogP contribution in [0.25, 0.3) is 0 Å². The van der Waals surface area contributed by atoms with Crippen LogP contribution in [0.1, 0.15) is 26.2 Å². The van der Waals surface area contributed by atoms with Gasteiger partial charge in [0.2, 0.25) is 11.7 Å². The monoisotopic (exact) mass is 503 g/mol. The van der Waals surface area contributed by atoms with Gasteiger partial charge in [0.25, 0.3) is 0 Å². The molecule has 12 N–H and O–H groups in total. The van der Waals surface area contributed by atoms with Crippen molar-refractivity contribution in [3.63, 3.8) is 0 Å². The first kappa shape index (κ1) is 29.9. The van der Waals surface area contributed by atoms with E-state index in [1.807, 2.05) is 0 Å². The summed E-state index contributed by atoms with van der Waals surface area (Å²) in [5.41, 5.74) is 22.0. The van der Waals surface area contributed by atoms with E-state index in [0.717, 1.165) is 6.08 Å². The van der Waals surface area contributed by atoms with E-state index in [4.69, 9.17) is 32.4 Å². The molecule has 15 nitrogen and oxygen atoms in total. The average Bonchev–Trinajstić information content (AvgIpc) is 2.79. The summed E-state index contributed by atoms with van der Waals surface area (Å²) in [6, 6.07) is -2.30. The summed E-state index contributed by atoms with van der Waals surface area (Å²) in [6.07, 6.45) is -2.87. The number of nitrogens with one attached hydrogen (secondary N) is 1. The van der Waals surface area contributed by atoms with Gasteiger partial charge in [-0.3, -0.25) is 4.79 Å². The van der Waals surface area contributed by atoms with Gasteiger partial charge in [-0.1, -0.05) is 0 Å². The topological polar surface area (TPSA) is 262 Å². The second kappa shape index (κ2) is 15.0. The van der Waals surface area contributed by atoms with Crippen LogP contribution in [-0.4, -0.2) is 107 Å². The molecule has 2 amide bonds. The van der Waals surface area contributed by atoms with Gasteiger partial charge in [0.05, 0.1) is 18.7 Å². The molecule has 35 heavy (non-hydrogen) atoms. The van der Waals surface area contributed by atoms with Crippen LogP contribution in [0.15, 0.2) is 16.8 Å². The molecule has 1 heterocycles. The highest BCUT2D eigenvalue weighted by atomic mass is 16.6. The summed E-state index contributed by atoms with van der Waals surface area (Å²) in [5.74, 6) is -3.04. The Hall–Kier alpha value is -3.14. The maximum atomic E-state index is 13.0. The summed E-state index contributed by atoms with van der Waals surface area (Å²) in [5, 5.41) is 32.2. The van der Waals surface area contributed by atoms with Gasteiger partial charge in [0.1, 0.15) is 6.10 Å². The minimum absolute atomic E-state index is 0.249. The van der Waals surface area contributed by atoms with E-state index in [9.17, 15) is 29.7 Å². The van der Waals surface area contributed by atoms with Crippen LogP contribution in [-0.2, 0) is 19.1 Å². The number of aliphatic hydroxyl groups is 2. The number of hydrogen-bond donors (Lipinski definition) is 8. The highest BCUT2D eigenvalue weighted by Gasteiger charge is 2.46. The molecule has 1 aliphatic heterocycles. The van der Waals surface area contributed by atoms with E-state index in [1.54, 1.807) is 0 Å². The van der Waals surface area contributed by atoms with Crippen LogP contribution in [0.4, 0.5) is 4.79 Å². The number of nitrogens with zero attached hydrogens (tertiary/aromatic N) is 2. The Morgan fingerprint density at radius 1 is 1.20 bits per heavy atom. The molecule has 1 aliphatic rings. The smallest absolute Gasteiger partial charge is 0.410 e. The molecule has 0 unspecified atom stereocenters. The summed E-state index contributed by atoms with van der Waals surface area (Å²) in [4.78, 5) is 41.9. The van der Waals surface area contributed by atoms with Gasteiger partial charge >= 0.3 is 12.1 Å². The largest absolute Gasteiger partial charge is 0.477 e. The molecule has 15 heteroatoms. The third-order valence-corrected chi connectivity index (χ3v) is 5.09. The zero-order chi connectivity index (χ0) is 26.5. The second-order valence-corrected chi connectivity index (χ2v) is 7.91. The Morgan fingerprint density at radius 2 is 1.83 bits per heavy atom.